The van der Waals surface area contributed by atoms with Crippen molar-refractivity contribution >= 4 is 23.4 Å². The molecule has 9 nitrogen and oxygen atoms in total. The summed E-state index contributed by atoms with van der Waals surface area (Å²) in [6.07, 6.45) is 4.10. The van der Waals surface area contributed by atoms with Gasteiger partial charge in [0.15, 0.2) is 0 Å². The molecule has 1 saturated heterocycles. The molecule has 0 aromatic heterocycles. The Morgan fingerprint density at radius 1 is 0.966 bits per heavy atom. The van der Waals surface area contributed by atoms with E-state index in [0.29, 0.717) is 26.2 Å². The number of benzene rings is 2. The Morgan fingerprint density at radius 2 is 1.66 bits per heavy atom. The molecule has 29 heavy (non-hydrogen) atoms. The molecular weight excluding hydrogens is 376 g/mol. The van der Waals surface area contributed by atoms with Gasteiger partial charge in [0.2, 0.25) is 0 Å². The number of non-ortho nitro benzene ring substituents is 1. The first-order valence-corrected chi connectivity index (χ1v) is 9.12. The van der Waals surface area contributed by atoms with Crippen molar-refractivity contribution in [2.24, 2.45) is 0 Å². The smallest absolute Gasteiger partial charge is 0.289 e. The molecule has 2 aromatic carbocycles. The van der Waals surface area contributed by atoms with Crippen molar-refractivity contribution in [3.8, 4) is 0 Å². The van der Waals surface area contributed by atoms with Gasteiger partial charge in [0.1, 0.15) is 5.56 Å². The van der Waals surface area contributed by atoms with Crippen molar-refractivity contribution in [2.75, 3.05) is 32.7 Å². The molecule has 0 saturated carbocycles. The molecule has 0 aliphatic carbocycles. The lowest BCUT2D eigenvalue weighted by molar-refractivity contribution is -0.394. The summed E-state index contributed by atoms with van der Waals surface area (Å²) < 4.78 is 0. The van der Waals surface area contributed by atoms with Crippen LogP contribution >= 0.6 is 0 Å². The molecule has 150 valence electrons. The highest BCUT2D eigenvalue weighted by Crippen LogP contribution is 2.26. The topological polar surface area (TPSA) is 110 Å². The van der Waals surface area contributed by atoms with Gasteiger partial charge in [-0.3, -0.25) is 29.9 Å². The highest BCUT2D eigenvalue weighted by atomic mass is 16.6. The Hall–Kier alpha value is -3.59. The number of piperazine rings is 1. The van der Waals surface area contributed by atoms with Crippen LogP contribution < -0.4 is 0 Å². The summed E-state index contributed by atoms with van der Waals surface area (Å²) in [5, 5.41) is 22.1. The Labute approximate surface area is 167 Å². The highest BCUT2D eigenvalue weighted by Gasteiger charge is 2.29. The van der Waals surface area contributed by atoms with Gasteiger partial charge in [-0.2, -0.15) is 0 Å². The Kier molecular flexibility index (Phi) is 6.30. The van der Waals surface area contributed by atoms with Crippen LogP contribution in [0.2, 0.25) is 0 Å². The fourth-order valence-corrected chi connectivity index (χ4v) is 3.17. The van der Waals surface area contributed by atoms with Gasteiger partial charge in [-0.15, -0.1) is 0 Å². The first-order chi connectivity index (χ1) is 14.0. The van der Waals surface area contributed by atoms with Gasteiger partial charge >= 0.3 is 0 Å². The average Bonchev–Trinajstić information content (AvgIpc) is 2.74. The van der Waals surface area contributed by atoms with Gasteiger partial charge in [-0.25, -0.2) is 0 Å². The number of hydrogen-bond donors (Lipinski definition) is 0. The van der Waals surface area contributed by atoms with Crippen LogP contribution in [0.3, 0.4) is 0 Å². The number of hydrogen-bond acceptors (Lipinski definition) is 6. The molecule has 0 unspecified atom stereocenters. The van der Waals surface area contributed by atoms with Crippen LogP contribution in [-0.4, -0.2) is 58.3 Å². The summed E-state index contributed by atoms with van der Waals surface area (Å²) in [6.45, 7) is 2.91. The Morgan fingerprint density at radius 3 is 2.28 bits per heavy atom. The van der Waals surface area contributed by atoms with Gasteiger partial charge in [0.25, 0.3) is 17.3 Å². The molecular formula is C20H20N4O5. The van der Waals surface area contributed by atoms with Crippen LogP contribution in [0.4, 0.5) is 11.4 Å². The molecule has 0 N–H and O–H groups in total. The summed E-state index contributed by atoms with van der Waals surface area (Å²) in [4.78, 5) is 37.1. The minimum absolute atomic E-state index is 0.127. The molecule has 1 aliphatic heterocycles. The van der Waals surface area contributed by atoms with E-state index in [2.05, 4.69) is 11.0 Å². The van der Waals surface area contributed by atoms with Crippen molar-refractivity contribution < 1.29 is 14.6 Å². The van der Waals surface area contributed by atoms with Crippen LogP contribution in [0.5, 0.6) is 0 Å². The van der Waals surface area contributed by atoms with Crippen molar-refractivity contribution in [3.05, 3.63) is 86.0 Å². The zero-order valence-corrected chi connectivity index (χ0v) is 15.6. The van der Waals surface area contributed by atoms with E-state index in [-0.39, 0.29) is 5.56 Å². The number of amides is 1. The van der Waals surface area contributed by atoms with E-state index in [1.54, 1.807) is 4.90 Å². The quantitative estimate of drug-likeness (QED) is 0.548. The summed E-state index contributed by atoms with van der Waals surface area (Å²) in [7, 11) is 0. The molecule has 0 atom stereocenters. The first kappa shape index (κ1) is 20.2. The van der Waals surface area contributed by atoms with Crippen LogP contribution in [0.1, 0.15) is 15.9 Å². The zero-order valence-electron chi connectivity index (χ0n) is 15.6. The van der Waals surface area contributed by atoms with Gasteiger partial charge in [0, 0.05) is 38.8 Å². The second kappa shape index (κ2) is 9.07. The fraction of sp³-hybridized carbons (Fsp3) is 0.250. The summed E-state index contributed by atoms with van der Waals surface area (Å²) in [5.74, 6) is -0.480. The largest absolute Gasteiger partial charge is 0.336 e. The van der Waals surface area contributed by atoms with E-state index >= 15 is 0 Å². The van der Waals surface area contributed by atoms with E-state index < -0.39 is 27.1 Å². The number of nitro benzene ring substituents is 2. The average molecular weight is 396 g/mol. The third-order valence-corrected chi connectivity index (χ3v) is 4.75. The fourth-order valence-electron chi connectivity index (χ4n) is 3.17. The van der Waals surface area contributed by atoms with Crippen LogP contribution in [-0.2, 0) is 0 Å². The van der Waals surface area contributed by atoms with Gasteiger partial charge < -0.3 is 4.90 Å². The number of rotatable bonds is 6. The number of nitrogens with zero attached hydrogens (tertiary/aromatic N) is 4. The molecule has 1 amide bonds. The van der Waals surface area contributed by atoms with Crippen LogP contribution in [0, 0.1) is 20.2 Å². The molecule has 9 heteroatoms. The number of carbonyl (C=O) groups is 1. The first-order valence-electron chi connectivity index (χ1n) is 9.12. The van der Waals surface area contributed by atoms with Crippen molar-refractivity contribution in [1.29, 1.82) is 0 Å². The van der Waals surface area contributed by atoms with E-state index in [4.69, 9.17) is 0 Å². The second-order valence-electron chi connectivity index (χ2n) is 6.62. The maximum atomic E-state index is 12.7. The monoisotopic (exact) mass is 396 g/mol. The molecule has 0 radical (unpaired) electrons. The lowest BCUT2D eigenvalue weighted by Crippen LogP contribution is -2.48. The molecule has 2 aromatic rings. The molecule has 1 aliphatic rings. The SMILES string of the molecule is O=C(c1ccc([N+](=O)[O-])cc1[N+](=O)[O-])N1CCN(C/C=C/c2ccccc2)CC1. The summed E-state index contributed by atoms with van der Waals surface area (Å²) >= 11 is 0. The van der Waals surface area contributed by atoms with E-state index in [1.165, 1.54) is 0 Å². The van der Waals surface area contributed by atoms with E-state index in [1.807, 2.05) is 36.4 Å². The van der Waals surface area contributed by atoms with Crippen molar-refractivity contribution in [1.82, 2.24) is 9.80 Å². The molecule has 1 fully saturated rings. The van der Waals surface area contributed by atoms with Gasteiger partial charge in [-0.1, -0.05) is 42.5 Å². The maximum Gasteiger partial charge on any atom is 0.289 e. The predicted molar refractivity (Wildman–Crippen MR) is 108 cm³/mol. The molecule has 0 spiro atoms. The van der Waals surface area contributed by atoms with Crippen molar-refractivity contribution in [3.63, 3.8) is 0 Å². The third-order valence-electron chi connectivity index (χ3n) is 4.75. The maximum absolute atomic E-state index is 12.7. The summed E-state index contributed by atoms with van der Waals surface area (Å²) in [6, 6.07) is 13.1. The van der Waals surface area contributed by atoms with Crippen LogP contribution in [0.25, 0.3) is 6.08 Å². The Bertz CT molecular complexity index is 937. The van der Waals surface area contributed by atoms with Gasteiger partial charge in [0.05, 0.1) is 15.9 Å². The lowest BCUT2D eigenvalue weighted by atomic mass is 10.1. The standard InChI is InChI=1S/C20H20N4O5/c25-20(18-9-8-17(23(26)27)15-19(18)24(28)29)22-13-11-21(12-14-22)10-4-7-16-5-2-1-3-6-16/h1-9,15H,10-14H2/b7-4+. The normalized spacial score (nSPS) is 14.8. The molecule has 1 heterocycles. The molecule has 3 rings (SSSR count). The minimum Gasteiger partial charge on any atom is -0.336 e. The number of carbonyl (C=O) groups excluding carboxylic acids is 1. The highest BCUT2D eigenvalue weighted by molar-refractivity contribution is 5.98. The second-order valence-corrected chi connectivity index (χ2v) is 6.62. The zero-order chi connectivity index (χ0) is 20.8. The summed E-state index contributed by atoms with van der Waals surface area (Å²) in [5.41, 5.74) is 0.0329. The van der Waals surface area contributed by atoms with Crippen LogP contribution in [0.15, 0.2) is 54.6 Å². The minimum atomic E-state index is -0.759. The van der Waals surface area contributed by atoms with E-state index in [0.717, 1.165) is 30.3 Å². The predicted octanol–water partition coefficient (Wildman–Crippen LogP) is 2.97. The molecule has 0 bridgehead atoms. The third kappa shape index (κ3) is 5.02. The lowest BCUT2D eigenvalue weighted by Gasteiger charge is -2.34. The van der Waals surface area contributed by atoms with Crippen molar-refractivity contribution in [2.45, 2.75) is 0 Å². The van der Waals surface area contributed by atoms with E-state index in [9.17, 15) is 25.0 Å². The Balaban J connectivity index is 1.61. The van der Waals surface area contributed by atoms with Gasteiger partial charge in [-0.05, 0) is 11.6 Å². The number of nitro groups is 2.